The van der Waals surface area contributed by atoms with Gasteiger partial charge in [0.05, 0.1) is 18.5 Å². The highest BCUT2D eigenvalue weighted by Gasteiger charge is 2.35. The first kappa shape index (κ1) is 12.4. The molecule has 17 heavy (non-hydrogen) atoms. The van der Waals surface area contributed by atoms with Gasteiger partial charge in [0.2, 0.25) is 0 Å². The van der Waals surface area contributed by atoms with E-state index in [4.69, 9.17) is 4.74 Å². The normalized spacial score (nSPS) is 24.8. The van der Waals surface area contributed by atoms with Crippen molar-refractivity contribution < 1.29 is 18.3 Å². The minimum absolute atomic E-state index is 0.224. The van der Waals surface area contributed by atoms with Gasteiger partial charge < -0.3 is 9.84 Å². The highest BCUT2D eigenvalue weighted by Crippen LogP contribution is 2.33. The molecule has 1 aromatic rings. The van der Waals surface area contributed by atoms with Crippen molar-refractivity contribution in [1.82, 2.24) is 0 Å². The van der Waals surface area contributed by atoms with Gasteiger partial charge in [-0.2, -0.15) is 0 Å². The van der Waals surface area contributed by atoms with E-state index >= 15 is 0 Å². The minimum atomic E-state index is -3.40. The number of rotatable bonds is 3. The average Bonchev–Trinajstić information content (AvgIpc) is 2.76. The van der Waals surface area contributed by atoms with Crippen LogP contribution in [0.3, 0.4) is 0 Å². The second-order valence-corrected chi connectivity index (χ2v) is 6.48. The Kier molecular flexibility index (Phi) is 3.40. The predicted molar refractivity (Wildman–Crippen MR) is 63.8 cm³/mol. The molecule has 0 aliphatic heterocycles. The van der Waals surface area contributed by atoms with Gasteiger partial charge >= 0.3 is 0 Å². The number of para-hydroxylation sites is 1. The van der Waals surface area contributed by atoms with Gasteiger partial charge in [-0.1, -0.05) is 12.1 Å². The van der Waals surface area contributed by atoms with Gasteiger partial charge in [-0.3, -0.25) is 0 Å². The molecule has 1 aromatic carbocycles. The number of aliphatic hydroxyl groups excluding tert-OH is 1. The van der Waals surface area contributed by atoms with E-state index < -0.39 is 21.2 Å². The van der Waals surface area contributed by atoms with E-state index in [1.54, 1.807) is 24.3 Å². The Balaban J connectivity index is 2.38. The number of ether oxygens (including phenoxy) is 1. The molecule has 1 aliphatic rings. The summed E-state index contributed by atoms with van der Waals surface area (Å²) >= 11 is 0. The number of hydrogen-bond donors (Lipinski definition) is 1. The second-order valence-electron chi connectivity index (χ2n) is 4.28. The fourth-order valence-corrected chi connectivity index (χ4v) is 4.21. The third-order valence-electron chi connectivity index (χ3n) is 3.17. The molecule has 1 saturated carbocycles. The van der Waals surface area contributed by atoms with Gasteiger partial charge in [0.25, 0.3) is 0 Å². The molecule has 0 spiro atoms. The van der Waals surface area contributed by atoms with Crippen molar-refractivity contribution in [2.75, 3.05) is 7.11 Å². The number of benzene rings is 1. The first-order chi connectivity index (χ1) is 8.05. The van der Waals surface area contributed by atoms with E-state index in [1.165, 1.54) is 7.11 Å². The molecule has 5 heteroatoms. The third-order valence-corrected chi connectivity index (χ3v) is 5.43. The Bertz CT molecular complexity index is 495. The molecule has 0 radical (unpaired) electrons. The lowest BCUT2D eigenvalue weighted by molar-refractivity contribution is 0.183. The summed E-state index contributed by atoms with van der Waals surface area (Å²) in [4.78, 5) is 0.224. The van der Waals surface area contributed by atoms with Gasteiger partial charge in [0.15, 0.2) is 9.84 Å². The summed E-state index contributed by atoms with van der Waals surface area (Å²) in [5.74, 6) is 0.369. The number of methoxy groups -OCH3 is 1. The Hall–Kier alpha value is -1.07. The monoisotopic (exact) mass is 256 g/mol. The average molecular weight is 256 g/mol. The van der Waals surface area contributed by atoms with E-state index in [1.807, 2.05) is 0 Å². The van der Waals surface area contributed by atoms with E-state index in [0.29, 0.717) is 25.0 Å². The Labute approximate surface area is 101 Å². The first-order valence-electron chi connectivity index (χ1n) is 5.60. The molecular formula is C12H16O4S. The van der Waals surface area contributed by atoms with Crippen LogP contribution in [-0.2, 0) is 9.84 Å². The van der Waals surface area contributed by atoms with E-state index in [0.717, 1.165) is 0 Å². The fraction of sp³-hybridized carbons (Fsp3) is 0.500. The molecule has 4 nitrogen and oxygen atoms in total. The predicted octanol–water partition coefficient (Wildman–Crippen LogP) is 1.38. The summed E-state index contributed by atoms with van der Waals surface area (Å²) in [6, 6.07) is 6.61. The highest BCUT2D eigenvalue weighted by molar-refractivity contribution is 7.92. The van der Waals surface area contributed by atoms with Crippen LogP contribution in [0.1, 0.15) is 19.3 Å². The van der Waals surface area contributed by atoms with Gasteiger partial charge in [-0.05, 0) is 31.4 Å². The van der Waals surface area contributed by atoms with Gasteiger partial charge in [0, 0.05) is 0 Å². The fourth-order valence-electron chi connectivity index (χ4n) is 2.23. The Morgan fingerprint density at radius 1 is 1.29 bits per heavy atom. The molecular weight excluding hydrogens is 240 g/mol. The lowest BCUT2D eigenvalue weighted by Gasteiger charge is -2.14. The number of sulfone groups is 1. The largest absolute Gasteiger partial charge is 0.495 e. The molecule has 0 amide bonds. The highest BCUT2D eigenvalue weighted by atomic mass is 32.2. The van der Waals surface area contributed by atoms with E-state index in [-0.39, 0.29) is 4.90 Å². The maximum Gasteiger partial charge on any atom is 0.184 e. The lowest BCUT2D eigenvalue weighted by Crippen LogP contribution is -2.19. The molecule has 0 aromatic heterocycles. The van der Waals surface area contributed by atoms with Crippen LogP contribution < -0.4 is 4.74 Å². The standard InChI is InChI=1S/C12H16O4S/c1-16-11-4-2-3-5-12(11)17(14,15)10-7-6-9(13)8-10/h2-5,9-10,13H,6-8H2,1H3. The minimum Gasteiger partial charge on any atom is -0.495 e. The van der Waals surface area contributed by atoms with Crippen LogP contribution in [-0.4, -0.2) is 32.0 Å². The number of aliphatic hydroxyl groups is 1. The quantitative estimate of drug-likeness (QED) is 0.887. The molecule has 2 atom stereocenters. The second kappa shape index (κ2) is 4.66. The van der Waals surface area contributed by atoms with E-state index in [2.05, 4.69) is 0 Å². The zero-order valence-corrected chi connectivity index (χ0v) is 10.5. The van der Waals surface area contributed by atoms with Crippen molar-refractivity contribution in [3.05, 3.63) is 24.3 Å². The topological polar surface area (TPSA) is 63.6 Å². The van der Waals surface area contributed by atoms with Gasteiger partial charge in [-0.15, -0.1) is 0 Å². The molecule has 2 rings (SSSR count). The molecule has 0 heterocycles. The summed E-state index contributed by atoms with van der Waals surface area (Å²) in [5.41, 5.74) is 0. The molecule has 1 aliphatic carbocycles. The zero-order valence-electron chi connectivity index (χ0n) is 9.67. The van der Waals surface area contributed by atoms with Crippen LogP contribution in [0.2, 0.25) is 0 Å². The van der Waals surface area contributed by atoms with Crippen molar-refractivity contribution in [1.29, 1.82) is 0 Å². The molecule has 1 N–H and O–H groups in total. The Morgan fingerprint density at radius 2 is 2.00 bits per heavy atom. The van der Waals surface area contributed by atoms with Crippen LogP contribution in [0.25, 0.3) is 0 Å². The zero-order chi connectivity index (χ0) is 12.5. The van der Waals surface area contributed by atoms with Crippen LogP contribution in [0.15, 0.2) is 29.2 Å². The third kappa shape index (κ3) is 2.30. The summed E-state index contributed by atoms with van der Waals surface area (Å²) in [6.45, 7) is 0. The molecule has 0 bridgehead atoms. The first-order valence-corrected chi connectivity index (χ1v) is 7.15. The van der Waals surface area contributed by atoms with Crippen LogP contribution >= 0.6 is 0 Å². The SMILES string of the molecule is COc1ccccc1S(=O)(=O)C1CCC(O)C1. The van der Waals surface area contributed by atoms with Crippen LogP contribution in [0.4, 0.5) is 0 Å². The van der Waals surface area contributed by atoms with Crippen LogP contribution in [0, 0.1) is 0 Å². The van der Waals surface area contributed by atoms with Crippen molar-refractivity contribution >= 4 is 9.84 Å². The van der Waals surface area contributed by atoms with Crippen molar-refractivity contribution in [3.63, 3.8) is 0 Å². The number of hydrogen-bond acceptors (Lipinski definition) is 4. The van der Waals surface area contributed by atoms with Crippen molar-refractivity contribution in [2.45, 2.75) is 35.5 Å². The lowest BCUT2D eigenvalue weighted by atomic mass is 10.3. The molecule has 94 valence electrons. The van der Waals surface area contributed by atoms with Gasteiger partial charge in [-0.25, -0.2) is 8.42 Å². The summed E-state index contributed by atoms with van der Waals surface area (Å²) < 4.78 is 29.8. The van der Waals surface area contributed by atoms with Crippen LogP contribution in [0.5, 0.6) is 5.75 Å². The maximum absolute atomic E-state index is 12.4. The molecule has 0 saturated heterocycles. The summed E-state index contributed by atoms with van der Waals surface area (Å²) in [5, 5.41) is 8.95. The maximum atomic E-state index is 12.4. The Morgan fingerprint density at radius 3 is 2.59 bits per heavy atom. The molecule has 1 fully saturated rings. The smallest absolute Gasteiger partial charge is 0.184 e. The van der Waals surface area contributed by atoms with E-state index in [9.17, 15) is 13.5 Å². The summed E-state index contributed by atoms with van der Waals surface area (Å²) in [6.07, 6.45) is 0.894. The summed E-state index contributed by atoms with van der Waals surface area (Å²) in [7, 11) is -1.94. The van der Waals surface area contributed by atoms with Crippen molar-refractivity contribution in [2.24, 2.45) is 0 Å². The van der Waals surface area contributed by atoms with Gasteiger partial charge in [0.1, 0.15) is 10.6 Å². The molecule has 2 unspecified atom stereocenters. The van der Waals surface area contributed by atoms with Crippen molar-refractivity contribution in [3.8, 4) is 5.75 Å².